The molecule has 3 heterocycles. The number of pyridine rings is 2. The Kier molecular flexibility index (Phi) is 5.73. The van der Waals surface area contributed by atoms with Gasteiger partial charge in [0.05, 0.1) is 11.3 Å². The predicted octanol–water partition coefficient (Wildman–Crippen LogP) is 2.50. The van der Waals surface area contributed by atoms with E-state index in [1.807, 2.05) is 30.3 Å². The Hall–Kier alpha value is -4.73. The Labute approximate surface area is 187 Å². The number of benzene rings is 1. The lowest BCUT2D eigenvalue weighted by molar-refractivity contribution is 0.105. The number of aryl methyl sites for hydroxylation is 1. The van der Waals surface area contributed by atoms with Crippen LogP contribution in [-0.2, 0) is 7.05 Å². The van der Waals surface area contributed by atoms with Gasteiger partial charge >= 0.3 is 0 Å². The molecule has 4 N–H and O–H groups in total. The van der Waals surface area contributed by atoms with Gasteiger partial charge in [0.25, 0.3) is 0 Å². The number of hydrogen-bond donors (Lipinski definition) is 2. The van der Waals surface area contributed by atoms with Crippen molar-refractivity contribution in [3.8, 4) is 22.4 Å². The van der Waals surface area contributed by atoms with E-state index < -0.39 is 23.1 Å². The van der Waals surface area contributed by atoms with Crippen LogP contribution in [0.15, 0.2) is 76.8 Å². The summed E-state index contributed by atoms with van der Waals surface area (Å²) in [6.07, 6.45) is 2.86. The number of nitrogens with two attached hydrogens (primary N) is 2. The van der Waals surface area contributed by atoms with Gasteiger partial charge in [-0.2, -0.15) is 4.98 Å². The molecule has 0 aliphatic heterocycles. The van der Waals surface area contributed by atoms with E-state index in [4.69, 9.17) is 11.5 Å². The Morgan fingerprint density at radius 1 is 1.03 bits per heavy atom. The fraction of sp³-hybridized carbons (Fsp3) is 0.0435. The van der Waals surface area contributed by atoms with Crippen molar-refractivity contribution < 1.29 is 9.18 Å². The van der Waals surface area contributed by atoms with Crippen LogP contribution in [0.5, 0.6) is 0 Å². The number of ketones is 1. The van der Waals surface area contributed by atoms with Gasteiger partial charge in [-0.25, -0.2) is 19.4 Å². The molecule has 0 saturated carbocycles. The molecule has 1 aromatic carbocycles. The minimum absolute atomic E-state index is 0.0119. The van der Waals surface area contributed by atoms with Crippen molar-refractivity contribution >= 4 is 23.4 Å². The van der Waals surface area contributed by atoms with E-state index in [0.29, 0.717) is 22.4 Å². The molecule has 0 amide bonds. The van der Waals surface area contributed by atoms with Gasteiger partial charge in [-0.05, 0) is 18.2 Å². The van der Waals surface area contributed by atoms with E-state index in [0.717, 1.165) is 6.07 Å². The number of halogens is 1. The van der Waals surface area contributed by atoms with Crippen LogP contribution in [0.4, 0.5) is 16.2 Å². The van der Waals surface area contributed by atoms with Gasteiger partial charge in [0.1, 0.15) is 5.69 Å². The summed E-state index contributed by atoms with van der Waals surface area (Å²) in [4.78, 5) is 41.1. The molecular formula is C23H18FN7O2. The minimum atomic E-state index is -0.905. The highest BCUT2D eigenvalue weighted by molar-refractivity contribution is 6.44. The zero-order valence-electron chi connectivity index (χ0n) is 17.4. The fourth-order valence-corrected chi connectivity index (χ4v) is 3.20. The highest BCUT2D eigenvalue weighted by Gasteiger charge is 2.21. The number of hydrogen-bond acceptors (Lipinski definition) is 7. The lowest BCUT2D eigenvalue weighted by Crippen LogP contribution is -2.25. The van der Waals surface area contributed by atoms with Crippen LogP contribution in [-0.4, -0.2) is 31.1 Å². The normalized spacial score (nSPS) is 11.4. The number of carbonyl (C=O) groups excluding carboxylic acids is 1. The molecular weight excluding hydrogens is 425 g/mol. The molecule has 10 heteroatoms. The van der Waals surface area contributed by atoms with Crippen LogP contribution in [0.25, 0.3) is 22.4 Å². The summed E-state index contributed by atoms with van der Waals surface area (Å²) in [5.74, 6) is -2.38. The van der Waals surface area contributed by atoms with Gasteiger partial charge in [-0.1, -0.05) is 30.3 Å². The van der Waals surface area contributed by atoms with Crippen molar-refractivity contribution in [2.75, 3.05) is 5.73 Å². The third kappa shape index (κ3) is 4.35. The van der Waals surface area contributed by atoms with Crippen molar-refractivity contribution in [1.82, 2.24) is 19.5 Å². The van der Waals surface area contributed by atoms with E-state index in [-0.39, 0.29) is 17.3 Å². The highest BCUT2D eigenvalue weighted by Crippen LogP contribution is 2.37. The largest absolute Gasteiger partial charge is 0.380 e. The van der Waals surface area contributed by atoms with Crippen LogP contribution in [0.2, 0.25) is 0 Å². The summed E-state index contributed by atoms with van der Waals surface area (Å²) in [7, 11) is 1.59. The third-order valence-electron chi connectivity index (χ3n) is 4.76. The summed E-state index contributed by atoms with van der Waals surface area (Å²) in [6, 6.07) is 14.5. The number of aromatic nitrogens is 4. The van der Waals surface area contributed by atoms with E-state index >= 15 is 0 Å². The van der Waals surface area contributed by atoms with Gasteiger partial charge in [0.2, 0.25) is 17.3 Å². The fourth-order valence-electron chi connectivity index (χ4n) is 3.20. The summed E-state index contributed by atoms with van der Waals surface area (Å²) in [5, 5.41) is 0. The molecule has 0 fully saturated rings. The molecule has 164 valence electrons. The number of nitrogen functional groups attached to an aromatic ring is 1. The van der Waals surface area contributed by atoms with Crippen LogP contribution in [0.1, 0.15) is 10.5 Å². The molecule has 4 aromatic rings. The van der Waals surface area contributed by atoms with Crippen LogP contribution < -0.4 is 17.0 Å². The zero-order valence-corrected chi connectivity index (χ0v) is 17.4. The molecule has 9 nitrogen and oxygen atoms in total. The number of rotatable bonds is 5. The summed E-state index contributed by atoms with van der Waals surface area (Å²) < 4.78 is 15.4. The summed E-state index contributed by atoms with van der Waals surface area (Å²) >= 11 is 0. The standard InChI is InChI=1S/C23H18FN7O2/c1-31-12-14(9-10-16(31)32)17-18(13-6-3-2-4-7-13)28-23(26)30-22(17)29-21(25)20(33)19-15(24)8-5-11-27-19/h2-12H,1H3,(H4,25,26,28,29,30). The van der Waals surface area contributed by atoms with Gasteiger partial charge in [-0.15, -0.1) is 0 Å². The number of amidine groups is 1. The predicted molar refractivity (Wildman–Crippen MR) is 122 cm³/mol. The molecule has 0 bridgehead atoms. The van der Waals surface area contributed by atoms with Crippen molar-refractivity contribution in [3.05, 3.63) is 88.9 Å². The Bertz CT molecular complexity index is 1450. The third-order valence-corrected chi connectivity index (χ3v) is 4.76. The average Bonchev–Trinajstić information content (AvgIpc) is 2.81. The minimum Gasteiger partial charge on any atom is -0.380 e. The molecule has 33 heavy (non-hydrogen) atoms. The number of Topliss-reactive ketones (excluding diaryl/α,β-unsaturated/α-hetero) is 1. The van der Waals surface area contributed by atoms with Crippen molar-refractivity contribution in [2.24, 2.45) is 17.8 Å². The molecule has 0 atom stereocenters. The van der Waals surface area contributed by atoms with Gasteiger partial charge < -0.3 is 16.0 Å². The molecule has 0 unspecified atom stereocenters. The number of nitrogens with zero attached hydrogens (tertiary/aromatic N) is 5. The Morgan fingerprint density at radius 3 is 2.48 bits per heavy atom. The first-order valence-electron chi connectivity index (χ1n) is 9.74. The van der Waals surface area contributed by atoms with Crippen molar-refractivity contribution in [2.45, 2.75) is 0 Å². The lowest BCUT2D eigenvalue weighted by Gasteiger charge is -2.13. The quantitative estimate of drug-likeness (QED) is 0.274. The summed E-state index contributed by atoms with van der Waals surface area (Å²) in [6.45, 7) is 0. The number of aliphatic imine (C=N–C) groups is 1. The van der Waals surface area contributed by atoms with Crippen LogP contribution in [0.3, 0.4) is 0 Å². The second-order valence-corrected chi connectivity index (χ2v) is 7.02. The Morgan fingerprint density at radius 2 is 1.79 bits per heavy atom. The van der Waals surface area contributed by atoms with E-state index in [1.54, 1.807) is 19.3 Å². The highest BCUT2D eigenvalue weighted by atomic mass is 19.1. The molecule has 0 aliphatic carbocycles. The lowest BCUT2D eigenvalue weighted by atomic mass is 10.0. The van der Waals surface area contributed by atoms with E-state index in [1.165, 1.54) is 22.9 Å². The zero-order chi connectivity index (χ0) is 23.5. The molecule has 0 spiro atoms. The maximum absolute atomic E-state index is 14.0. The smallest absolute Gasteiger partial charge is 0.250 e. The van der Waals surface area contributed by atoms with Crippen molar-refractivity contribution in [3.63, 3.8) is 0 Å². The van der Waals surface area contributed by atoms with Gasteiger partial charge in [-0.3, -0.25) is 9.59 Å². The molecule has 4 rings (SSSR count). The van der Waals surface area contributed by atoms with Crippen LogP contribution >= 0.6 is 0 Å². The first kappa shape index (κ1) is 21.5. The number of anilines is 1. The second-order valence-electron chi connectivity index (χ2n) is 7.02. The molecule has 0 aliphatic rings. The van der Waals surface area contributed by atoms with E-state index in [2.05, 4.69) is 19.9 Å². The first-order valence-corrected chi connectivity index (χ1v) is 9.74. The molecule has 0 saturated heterocycles. The Balaban J connectivity index is 1.96. The monoisotopic (exact) mass is 443 g/mol. The SMILES string of the molecule is Cn1cc(-c2c(N=C(N)C(=O)c3ncccc3F)nc(N)nc2-c2ccccc2)ccc1=O. The summed E-state index contributed by atoms with van der Waals surface area (Å²) in [5.41, 5.74) is 13.2. The maximum Gasteiger partial charge on any atom is 0.250 e. The molecule has 3 aromatic heterocycles. The van der Waals surface area contributed by atoms with E-state index in [9.17, 15) is 14.0 Å². The van der Waals surface area contributed by atoms with Gasteiger partial charge in [0.15, 0.2) is 17.5 Å². The second kappa shape index (κ2) is 8.79. The van der Waals surface area contributed by atoms with Crippen LogP contribution in [0, 0.1) is 5.82 Å². The molecule has 0 radical (unpaired) electrons. The average molecular weight is 443 g/mol. The number of carbonyl (C=O) groups is 1. The maximum atomic E-state index is 14.0. The van der Waals surface area contributed by atoms with Gasteiger partial charge in [0, 0.05) is 36.6 Å². The topological polar surface area (TPSA) is 142 Å². The first-order chi connectivity index (χ1) is 15.8. The van der Waals surface area contributed by atoms with Crippen molar-refractivity contribution in [1.29, 1.82) is 0 Å².